The Hall–Kier alpha value is -4.11. The van der Waals surface area contributed by atoms with Crippen molar-refractivity contribution < 1.29 is 4.42 Å². The molecule has 200 valence electrons. The number of furan rings is 1. The fourth-order valence-corrected chi connectivity index (χ4v) is 5.73. The molecule has 5 aromatic rings. The van der Waals surface area contributed by atoms with Crippen LogP contribution >= 0.6 is 0 Å². The minimum absolute atomic E-state index is 0.148. The second kappa shape index (κ2) is 11.3. The van der Waals surface area contributed by atoms with Crippen molar-refractivity contribution in [2.45, 2.75) is 70.6 Å². The molecule has 1 saturated carbocycles. The number of rotatable bonds is 9. The van der Waals surface area contributed by atoms with Crippen LogP contribution in [0.1, 0.15) is 79.4 Å². The first-order chi connectivity index (χ1) is 19.2. The van der Waals surface area contributed by atoms with E-state index < -0.39 is 6.04 Å². The number of aromatic amines is 1. The van der Waals surface area contributed by atoms with E-state index in [0.29, 0.717) is 24.5 Å². The van der Waals surface area contributed by atoms with Crippen LogP contribution in [0.25, 0.3) is 10.9 Å². The summed E-state index contributed by atoms with van der Waals surface area (Å²) >= 11 is 0. The highest BCUT2D eigenvalue weighted by Crippen LogP contribution is 2.34. The van der Waals surface area contributed by atoms with Crippen molar-refractivity contribution in [2.24, 2.45) is 0 Å². The van der Waals surface area contributed by atoms with Crippen LogP contribution in [-0.4, -0.2) is 35.1 Å². The Kier molecular flexibility index (Phi) is 7.31. The SMILES string of the molecule is CCc1ccc2[nH]c(=O)c([C@H](c3nnnn3C3CCCCC3)N(Cc3cccnc3)Cc3ccco3)cc2c1. The summed E-state index contributed by atoms with van der Waals surface area (Å²) in [5.74, 6) is 1.47. The minimum Gasteiger partial charge on any atom is -0.468 e. The maximum Gasteiger partial charge on any atom is 0.253 e. The van der Waals surface area contributed by atoms with Crippen molar-refractivity contribution in [3.8, 4) is 0 Å². The summed E-state index contributed by atoms with van der Waals surface area (Å²) in [7, 11) is 0. The molecular formula is C30H33N7O2. The van der Waals surface area contributed by atoms with Crippen LogP contribution in [0.3, 0.4) is 0 Å². The minimum atomic E-state index is -0.509. The zero-order chi connectivity index (χ0) is 26.6. The van der Waals surface area contributed by atoms with Gasteiger partial charge in [0.15, 0.2) is 5.82 Å². The Labute approximate surface area is 226 Å². The molecule has 39 heavy (non-hydrogen) atoms. The summed E-state index contributed by atoms with van der Waals surface area (Å²) in [6.07, 6.45) is 11.8. The first kappa shape index (κ1) is 25.2. The zero-order valence-corrected chi connectivity index (χ0v) is 22.2. The highest BCUT2D eigenvalue weighted by Gasteiger charge is 2.33. The molecule has 0 unspecified atom stereocenters. The fourth-order valence-electron chi connectivity index (χ4n) is 5.73. The third-order valence-electron chi connectivity index (χ3n) is 7.74. The lowest BCUT2D eigenvalue weighted by Gasteiger charge is -2.32. The number of pyridine rings is 2. The van der Waals surface area contributed by atoms with E-state index in [1.165, 1.54) is 12.0 Å². The van der Waals surface area contributed by atoms with Crippen molar-refractivity contribution in [1.29, 1.82) is 0 Å². The summed E-state index contributed by atoms with van der Waals surface area (Å²) < 4.78 is 7.75. The Bertz CT molecular complexity index is 1570. The third kappa shape index (κ3) is 5.40. The summed E-state index contributed by atoms with van der Waals surface area (Å²) in [5.41, 5.74) is 3.52. The molecule has 4 heterocycles. The van der Waals surface area contributed by atoms with Crippen LogP contribution in [0.15, 0.2) is 76.4 Å². The van der Waals surface area contributed by atoms with Gasteiger partial charge in [0.1, 0.15) is 11.8 Å². The van der Waals surface area contributed by atoms with Crippen LogP contribution in [-0.2, 0) is 19.5 Å². The second-order valence-corrected chi connectivity index (χ2v) is 10.4. The lowest BCUT2D eigenvalue weighted by molar-refractivity contribution is 0.173. The van der Waals surface area contributed by atoms with Gasteiger partial charge in [-0.15, -0.1) is 5.10 Å². The van der Waals surface area contributed by atoms with Crippen molar-refractivity contribution in [3.05, 3.63) is 106 Å². The van der Waals surface area contributed by atoms with Gasteiger partial charge in [0.25, 0.3) is 5.56 Å². The summed E-state index contributed by atoms with van der Waals surface area (Å²) in [5, 5.41) is 14.2. The molecule has 1 N–H and O–H groups in total. The van der Waals surface area contributed by atoms with Gasteiger partial charge in [-0.3, -0.25) is 14.7 Å². The first-order valence-electron chi connectivity index (χ1n) is 13.8. The molecule has 0 amide bonds. The molecule has 9 heteroatoms. The maximum atomic E-state index is 13.8. The lowest BCUT2D eigenvalue weighted by Crippen LogP contribution is -2.35. The molecule has 1 aliphatic rings. The number of benzene rings is 1. The van der Waals surface area contributed by atoms with Gasteiger partial charge in [0.05, 0.1) is 18.8 Å². The lowest BCUT2D eigenvalue weighted by atomic mass is 9.95. The molecule has 6 rings (SSSR count). The molecule has 1 fully saturated rings. The summed E-state index contributed by atoms with van der Waals surface area (Å²) in [4.78, 5) is 23.5. The van der Waals surface area contributed by atoms with Crippen LogP contribution in [0.5, 0.6) is 0 Å². The van der Waals surface area contributed by atoms with E-state index in [4.69, 9.17) is 4.42 Å². The molecule has 4 aromatic heterocycles. The maximum absolute atomic E-state index is 13.8. The molecule has 0 bridgehead atoms. The van der Waals surface area contributed by atoms with E-state index in [-0.39, 0.29) is 11.6 Å². The van der Waals surface area contributed by atoms with Crippen molar-refractivity contribution in [3.63, 3.8) is 0 Å². The highest BCUT2D eigenvalue weighted by molar-refractivity contribution is 5.80. The van der Waals surface area contributed by atoms with Crippen LogP contribution in [0.2, 0.25) is 0 Å². The number of aryl methyl sites for hydroxylation is 1. The predicted molar refractivity (Wildman–Crippen MR) is 148 cm³/mol. The Morgan fingerprint density at radius 2 is 1.97 bits per heavy atom. The molecular weight excluding hydrogens is 490 g/mol. The number of fused-ring (bicyclic) bond motifs is 1. The van der Waals surface area contributed by atoms with Gasteiger partial charge < -0.3 is 9.40 Å². The largest absolute Gasteiger partial charge is 0.468 e. The Balaban J connectivity index is 1.53. The normalized spacial score (nSPS) is 15.2. The van der Waals surface area contributed by atoms with Gasteiger partial charge in [-0.1, -0.05) is 38.3 Å². The monoisotopic (exact) mass is 523 g/mol. The van der Waals surface area contributed by atoms with Crippen molar-refractivity contribution >= 4 is 10.9 Å². The number of nitrogens with one attached hydrogen (secondary N) is 1. The zero-order valence-electron chi connectivity index (χ0n) is 22.2. The number of nitrogens with zero attached hydrogens (tertiary/aromatic N) is 6. The molecule has 9 nitrogen and oxygen atoms in total. The predicted octanol–water partition coefficient (Wildman–Crippen LogP) is 5.36. The molecule has 0 radical (unpaired) electrons. The topological polar surface area (TPSA) is 106 Å². The van der Waals surface area contributed by atoms with E-state index in [1.807, 2.05) is 47.3 Å². The van der Waals surface area contributed by atoms with E-state index in [0.717, 1.165) is 54.3 Å². The number of aromatic nitrogens is 6. The second-order valence-electron chi connectivity index (χ2n) is 10.4. The van der Waals surface area contributed by atoms with Crippen molar-refractivity contribution in [2.75, 3.05) is 0 Å². The van der Waals surface area contributed by atoms with Gasteiger partial charge >= 0.3 is 0 Å². The van der Waals surface area contributed by atoms with Crippen LogP contribution < -0.4 is 5.56 Å². The smallest absolute Gasteiger partial charge is 0.253 e. The van der Waals surface area contributed by atoms with E-state index in [9.17, 15) is 4.79 Å². The van der Waals surface area contributed by atoms with Gasteiger partial charge in [0.2, 0.25) is 0 Å². The fraction of sp³-hybridized carbons (Fsp3) is 0.367. The number of tetrazole rings is 1. The summed E-state index contributed by atoms with van der Waals surface area (Å²) in [6.45, 7) is 3.13. The quantitative estimate of drug-likeness (QED) is 0.277. The average molecular weight is 524 g/mol. The van der Waals surface area contributed by atoms with E-state index in [1.54, 1.807) is 12.5 Å². The highest BCUT2D eigenvalue weighted by atomic mass is 16.3. The number of H-pyrrole nitrogens is 1. The van der Waals surface area contributed by atoms with E-state index >= 15 is 0 Å². The first-order valence-corrected chi connectivity index (χ1v) is 13.8. The van der Waals surface area contributed by atoms with Gasteiger partial charge in [0, 0.05) is 30.0 Å². The average Bonchev–Trinajstić information content (AvgIpc) is 3.67. The molecule has 1 aromatic carbocycles. The standard InChI is InChI=1S/C30H33N7O2/c1-2-21-12-13-27-23(16-21)17-26(30(38)32-27)28(29-33-34-35-37(29)24-9-4-3-5-10-24)36(20-25-11-7-15-39-25)19-22-8-6-14-31-18-22/h6-8,11-18,24,28H,2-5,9-10,19-20H2,1H3,(H,32,38)/t28-/m1/s1. The molecule has 0 saturated heterocycles. The van der Waals surface area contributed by atoms with Gasteiger partial charge in [-0.2, -0.15) is 0 Å². The molecule has 1 aliphatic carbocycles. The Morgan fingerprint density at radius 3 is 2.74 bits per heavy atom. The number of hydrogen-bond donors (Lipinski definition) is 1. The summed E-state index contributed by atoms with van der Waals surface area (Å²) in [6, 6.07) is 15.7. The molecule has 1 atom stereocenters. The van der Waals surface area contributed by atoms with E-state index in [2.05, 4.69) is 49.4 Å². The molecule has 0 spiro atoms. The number of hydrogen-bond acceptors (Lipinski definition) is 7. The van der Waals surface area contributed by atoms with Gasteiger partial charge in [-0.05, 0) is 82.6 Å². The molecule has 0 aliphatic heterocycles. The Morgan fingerprint density at radius 1 is 1.08 bits per heavy atom. The van der Waals surface area contributed by atoms with Crippen LogP contribution in [0, 0.1) is 0 Å². The van der Waals surface area contributed by atoms with Crippen molar-refractivity contribution in [1.82, 2.24) is 35.1 Å². The van der Waals surface area contributed by atoms with Gasteiger partial charge in [-0.25, -0.2) is 4.68 Å². The third-order valence-corrected chi connectivity index (χ3v) is 7.74. The van der Waals surface area contributed by atoms with Crippen LogP contribution in [0.4, 0.5) is 0 Å².